The molecule has 2 rings (SSSR count). The molecule has 1 atom stereocenters. The SMILES string of the molecule is C=CCCOC(C)C(=O)NCc1cn2cccc(C)c2n1. The largest absolute Gasteiger partial charge is 0.368 e. The topological polar surface area (TPSA) is 55.6 Å². The number of nitrogens with zero attached hydrogens (tertiary/aromatic N) is 2. The lowest BCUT2D eigenvalue weighted by Crippen LogP contribution is -2.34. The van der Waals surface area contributed by atoms with E-state index in [0.717, 1.165) is 23.3 Å². The van der Waals surface area contributed by atoms with Crippen molar-refractivity contribution >= 4 is 11.6 Å². The molecule has 1 unspecified atom stereocenters. The van der Waals surface area contributed by atoms with Gasteiger partial charge in [0.25, 0.3) is 0 Å². The molecule has 0 radical (unpaired) electrons. The van der Waals surface area contributed by atoms with Crippen molar-refractivity contribution in [2.24, 2.45) is 0 Å². The predicted octanol–water partition coefficient (Wildman–Crippen LogP) is 2.24. The summed E-state index contributed by atoms with van der Waals surface area (Å²) in [5.74, 6) is -0.132. The Kier molecular flexibility index (Phi) is 5.11. The van der Waals surface area contributed by atoms with Crippen LogP contribution in [0.25, 0.3) is 5.65 Å². The Morgan fingerprint density at radius 1 is 1.62 bits per heavy atom. The smallest absolute Gasteiger partial charge is 0.249 e. The Labute approximate surface area is 124 Å². The first-order chi connectivity index (χ1) is 10.1. The van der Waals surface area contributed by atoms with E-state index in [4.69, 9.17) is 4.74 Å². The van der Waals surface area contributed by atoms with Crippen LogP contribution in [-0.2, 0) is 16.1 Å². The Morgan fingerprint density at radius 3 is 3.14 bits per heavy atom. The van der Waals surface area contributed by atoms with Gasteiger partial charge in [0.15, 0.2) is 0 Å². The van der Waals surface area contributed by atoms with E-state index in [1.54, 1.807) is 13.0 Å². The fourth-order valence-electron chi connectivity index (χ4n) is 2.01. The van der Waals surface area contributed by atoms with E-state index in [0.29, 0.717) is 13.2 Å². The lowest BCUT2D eigenvalue weighted by molar-refractivity contribution is -0.131. The van der Waals surface area contributed by atoms with Crippen LogP contribution in [0.15, 0.2) is 37.2 Å². The molecule has 0 aliphatic heterocycles. The van der Waals surface area contributed by atoms with Crippen molar-refractivity contribution in [2.45, 2.75) is 32.9 Å². The van der Waals surface area contributed by atoms with Crippen LogP contribution >= 0.6 is 0 Å². The second-order valence-corrected chi connectivity index (χ2v) is 4.96. The number of carbonyl (C=O) groups excluding carboxylic acids is 1. The molecular formula is C16H21N3O2. The highest BCUT2D eigenvalue weighted by Crippen LogP contribution is 2.09. The van der Waals surface area contributed by atoms with Crippen molar-refractivity contribution in [1.82, 2.24) is 14.7 Å². The second kappa shape index (κ2) is 7.04. The van der Waals surface area contributed by atoms with Crippen LogP contribution in [0, 0.1) is 6.92 Å². The number of amides is 1. The van der Waals surface area contributed by atoms with Crippen LogP contribution in [0.4, 0.5) is 0 Å². The molecule has 0 aromatic carbocycles. The average molecular weight is 287 g/mol. The number of aromatic nitrogens is 2. The molecule has 5 nitrogen and oxygen atoms in total. The molecule has 0 fully saturated rings. The van der Waals surface area contributed by atoms with Gasteiger partial charge < -0.3 is 14.5 Å². The second-order valence-electron chi connectivity index (χ2n) is 4.96. The zero-order valence-electron chi connectivity index (χ0n) is 12.5. The van der Waals surface area contributed by atoms with Crippen molar-refractivity contribution in [1.29, 1.82) is 0 Å². The molecule has 0 saturated carbocycles. The summed E-state index contributed by atoms with van der Waals surface area (Å²) in [5, 5.41) is 2.84. The summed E-state index contributed by atoms with van der Waals surface area (Å²) >= 11 is 0. The monoisotopic (exact) mass is 287 g/mol. The van der Waals surface area contributed by atoms with E-state index in [-0.39, 0.29) is 5.91 Å². The van der Waals surface area contributed by atoms with Crippen LogP contribution < -0.4 is 5.32 Å². The molecule has 1 amide bonds. The molecular weight excluding hydrogens is 266 g/mol. The van der Waals surface area contributed by atoms with Gasteiger partial charge in [0.1, 0.15) is 11.8 Å². The maximum atomic E-state index is 11.9. The first-order valence-electron chi connectivity index (χ1n) is 7.05. The minimum Gasteiger partial charge on any atom is -0.368 e. The maximum absolute atomic E-state index is 11.9. The van der Waals surface area contributed by atoms with Crippen LogP contribution in [0.2, 0.25) is 0 Å². The number of ether oxygens (including phenoxy) is 1. The lowest BCUT2D eigenvalue weighted by atomic mass is 10.3. The summed E-state index contributed by atoms with van der Waals surface area (Å²) in [5.41, 5.74) is 2.85. The van der Waals surface area contributed by atoms with Gasteiger partial charge in [-0.15, -0.1) is 6.58 Å². The zero-order chi connectivity index (χ0) is 15.2. The third kappa shape index (κ3) is 3.92. The summed E-state index contributed by atoms with van der Waals surface area (Å²) < 4.78 is 7.36. The Balaban J connectivity index is 1.90. The molecule has 0 spiro atoms. The summed E-state index contributed by atoms with van der Waals surface area (Å²) in [6.07, 6.45) is 5.91. The first kappa shape index (κ1) is 15.3. The van der Waals surface area contributed by atoms with E-state index < -0.39 is 6.10 Å². The molecule has 21 heavy (non-hydrogen) atoms. The number of pyridine rings is 1. The van der Waals surface area contributed by atoms with Crippen LogP contribution in [0.5, 0.6) is 0 Å². The highest BCUT2D eigenvalue weighted by Gasteiger charge is 2.13. The normalized spacial score (nSPS) is 12.3. The number of hydrogen-bond donors (Lipinski definition) is 1. The average Bonchev–Trinajstić information content (AvgIpc) is 2.89. The van der Waals surface area contributed by atoms with Crippen LogP contribution in [0.1, 0.15) is 24.6 Å². The number of carbonyl (C=O) groups is 1. The van der Waals surface area contributed by atoms with E-state index >= 15 is 0 Å². The van der Waals surface area contributed by atoms with Crippen molar-refractivity contribution in [3.8, 4) is 0 Å². The van der Waals surface area contributed by atoms with E-state index in [2.05, 4.69) is 16.9 Å². The summed E-state index contributed by atoms with van der Waals surface area (Å²) in [6, 6.07) is 3.99. The molecule has 2 aromatic heterocycles. The minimum atomic E-state index is -0.469. The Bertz CT molecular complexity index is 633. The number of nitrogens with one attached hydrogen (secondary N) is 1. The van der Waals surface area contributed by atoms with Crippen LogP contribution in [0.3, 0.4) is 0 Å². The van der Waals surface area contributed by atoms with Crippen molar-refractivity contribution in [3.05, 3.63) is 48.4 Å². The predicted molar refractivity (Wildman–Crippen MR) is 82.0 cm³/mol. The summed E-state index contributed by atoms with van der Waals surface area (Å²) in [4.78, 5) is 16.4. The fourth-order valence-corrected chi connectivity index (χ4v) is 2.01. The standard InChI is InChI=1S/C16H21N3O2/c1-4-5-9-21-13(3)16(20)17-10-14-11-19-8-6-7-12(2)15(19)18-14/h4,6-8,11,13H,1,5,9-10H2,2-3H3,(H,17,20). The molecule has 0 bridgehead atoms. The van der Waals surface area contributed by atoms with Gasteiger partial charge >= 0.3 is 0 Å². The Hall–Kier alpha value is -2.14. The Morgan fingerprint density at radius 2 is 2.43 bits per heavy atom. The molecule has 0 saturated heterocycles. The third-order valence-corrected chi connectivity index (χ3v) is 3.23. The summed E-state index contributed by atoms with van der Waals surface area (Å²) in [6.45, 7) is 8.28. The third-order valence-electron chi connectivity index (χ3n) is 3.23. The van der Waals surface area contributed by atoms with Gasteiger partial charge in [-0.25, -0.2) is 4.98 Å². The number of imidazole rings is 1. The van der Waals surface area contributed by atoms with Gasteiger partial charge in [-0.2, -0.15) is 0 Å². The van der Waals surface area contributed by atoms with Gasteiger partial charge in [-0.05, 0) is 31.9 Å². The molecule has 0 aliphatic carbocycles. The quantitative estimate of drug-likeness (QED) is 0.627. The fraction of sp³-hybridized carbons (Fsp3) is 0.375. The van der Waals surface area contributed by atoms with Gasteiger partial charge in [0.2, 0.25) is 5.91 Å². The molecule has 1 N–H and O–H groups in total. The molecule has 2 heterocycles. The molecule has 112 valence electrons. The van der Waals surface area contributed by atoms with Gasteiger partial charge in [0, 0.05) is 12.4 Å². The van der Waals surface area contributed by atoms with Crippen molar-refractivity contribution < 1.29 is 9.53 Å². The molecule has 2 aromatic rings. The minimum absolute atomic E-state index is 0.132. The van der Waals surface area contributed by atoms with E-state index in [1.807, 2.05) is 35.9 Å². The highest BCUT2D eigenvalue weighted by molar-refractivity contribution is 5.80. The zero-order valence-corrected chi connectivity index (χ0v) is 12.5. The van der Waals surface area contributed by atoms with Gasteiger partial charge in [-0.3, -0.25) is 4.79 Å². The van der Waals surface area contributed by atoms with Crippen molar-refractivity contribution in [3.63, 3.8) is 0 Å². The number of fused-ring (bicyclic) bond motifs is 1. The molecule has 5 heteroatoms. The lowest BCUT2D eigenvalue weighted by Gasteiger charge is -2.11. The van der Waals surface area contributed by atoms with Gasteiger partial charge in [-0.1, -0.05) is 12.1 Å². The molecule has 0 aliphatic rings. The van der Waals surface area contributed by atoms with E-state index in [1.165, 1.54) is 0 Å². The maximum Gasteiger partial charge on any atom is 0.249 e. The summed E-state index contributed by atoms with van der Waals surface area (Å²) in [7, 11) is 0. The number of aryl methyl sites for hydroxylation is 1. The highest BCUT2D eigenvalue weighted by atomic mass is 16.5. The van der Waals surface area contributed by atoms with E-state index in [9.17, 15) is 4.79 Å². The first-order valence-corrected chi connectivity index (χ1v) is 7.05. The number of rotatable bonds is 7. The van der Waals surface area contributed by atoms with Crippen molar-refractivity contribution in [2.75, 3.05) is 6.61 Å². The van der Waals surface area contributed by atoms with Gasteiger partial charge in [0.05, 0.1) is 18.8 Å². The number of hydrogen-bond acceptors (Lipinski definition) is 3. The van der Waals surface area contributed by atoms with Crippen LogP contribution in [-0.4, -0.2) is 28.0 Å².